The maximum Gasteiger partial charge on any atom is 0.179 e. The lowest BCUT2D eigenvalue weighted by atomic mass is 10.1. The molecule has 6 nitrogen and oxygen atoms in total. The molecule has 0 fully saturated rings. The van der Waals surface area contributed by atoms with Gasteiger partial charge in [-0.3, -0.25) is 0 Å². The van der Waals surface area contributed by atoms with Crippen molar-refractivity contribution in [2.75, 3.05) is 11.1 Å². The van der Waals surface area contributed by atoms with Gasteiger partial charge in [-0.05, 0) is 48.7 Å². The molecule has 1 atom stereocenters. The summed E-state index contributed by atoms with van der Waals surface area (Å²) in [5.41, 5.74) is 2.51. The number of phenols is 1. The van der Waals surface area contributed by atoms with Gasteiger partial charge >= 0.3 is 0 Å². The lowest BCUT2D eigenvalue weighted by Gasteiger charge is -2.17. The Balaban J connectivity index is 1.80. The van der Waals surface area contributed by atoms with Crippen molar-refractivity contribution >= 4 is 26.6 Å². The number of phenolic OH excluding ortho intramolecular Hbond substituents is 1. The summed E-state index contributed by atoms with van der Waals surface area (Å²) in [6.45, 7) is 1.99. The topological polar surface area (TPSA) is 92.2 Å². The standard InChI is InChI=1S/C18H17N3O3S/c1-11(12-2-4-13(22)5-3-12)21-18-17-14-8-9-25(23,24)16(14)7-6-15(17)19-10-20-18/h2-7,10-11,22H,8-9H2,1H3,(H,19,20,21). The molecule has 0 radical (unpaired) electrons. The molecule has 0 spiro atoms. The van der Waals surface area contributed by atoms with Crippen molar-refractivity contribution in [2.45, 2.75) is 24.3 Å². The highest BCUT2D eigenvalue weighted by Gasteiger charge is 2.29. The Morgan fingerprint density at radius 3 is 2.64 bits per heavy atom. The van der Waals surface area contributed by atoms with E-state index in [0.29, 0.717) is 17.1 Å². The van der Waals surface area contributed by atoms with Crippen LogP contribution >= 0.6 is 0 Å². The maximum absolute atomic E-state index is 12.2. The fraction of sp³-hybridized carbons (Fsp3) is 0.222. The van der Waals surface area contributed by atoms with Crippen molar-refractivity contribution in [2.24, 2.45) is 0 Å². The normalized spacial score (nSPS) is 16.5. The SMILES string of the molecule is CC(Nc1ncnc2ccc3c(c12)CCS3(=O)=O)c1ccc(O)cc1. The van der Waals surface area contributed by atoms with Gasteiger partial charge in [0.05, 0.1) is 16.2 Å². The van der Waals surface area contributed by atoms with E-state index in [2.05, 4.69) is 15.3 Å². The summed E-state index contributed by atoms with van der Waals surface area (Å²) in [7, 11) is -3.21. The number of aromatic nitrogens is 2. The van der Waals surface area contributed by atoms with E-state index >= 15 is 0 Å². The molecule has 0 saturated carbocycles. The Bertz CT molecular complexity index is 1060. The number of nitrogens with zero attached hydrogens (tertiary/aromatic N) is 2. The quantitative estimate of drug-likeness (QED) is 0.750. The molecule has 0 saturated heterocycles. The highest BCUT2D eigenvalue weighted by Crippen LogP contribution is 2.35. The average Bonchev–Trinajstić information content (AvgIpc) is 2.91. The van der Waals surface area contributed by atoms with Crippen LogP contribution in [0.25, 0.3) is 10.9 Å². The van der Waals surface area contributed by atoms with Gasteiger partial charge in [0.15, 0.2) is 9.84 Å². The fourth-order valence-electron chi connectivity index (χ4n) is 3.25. The monoisotopic (exact) mass is 355 g/mol. The summed E-state index contributed by atoms with van der Waals surface area (Å²) < 4.78 is 24.4. The minimum atomic E-state index is -3.21. The summed E-state index contributed by atoms with van der Waals surface area (Å²) in [4.78, 5) is 9.01. The number of rotatable bonds is 3. The molecule has 0 bridgehead atoms. The number of hydrogen-bond acceptors (Lipinski definition) is 6. The van der Waals surface area contributed by atoms with Gasteiger partial charge < -0.3 is 10.4 Å². The second-order valence-corrected chi connectivity index (χ2v) is 8.26. The van der Waals surface area contributed by atoms with Crippen molar-refractivity contribution < 1.29 is 13.5 Å². The first kappa shape index (κ1) is 15.8. The number of anilines is 1. The van der Waals surface area contributed by atoms with Gasteiger partial charge in [-0.1, -0.05) is 12.1 Å². The first-order chi connectivity index (χ1) is 12.0. The van der Waals surface area contributed by atoms with E-state index in [1.54, 1.807) is 24.3 Å². The lowest BCUT2D eigenvalue weighted by molar-refractivity contribution is 0.475. The number of sulfone groups is 1. The molecule has 1 aliphatic rings. The van der Waals surface area contributed by atoms with Crippen molar-refractivity contribution in [3.8, 4) is 5.75 Å². The van der Waals surface area contributed by atoms with Crippen LogP contribution in [0.3, 0.4) is 0 Å². The molecule has 2 N–H and O–H groups in total. The summed E-state index contributed by atoms with van der Waals surface area (Å²) >= 11 is 0. The number of aryl methyl sites for hydroxylation is 1. The van der Waals surface area contributed by atoms with E-state index < -0.39 is 9.84 Å². The molecular formula is C18H17N3O3S. The summed E-state index contributed by atoms with van der Waals surface area (Å²) in [5.74, 6) is 0.967. The number of hydrogen-bond donors (Lipinski definition) is 2. The molecule has 1 aliphatic heterocycles. The Labute approximate surface area is 145 Å². The number of benzene rings is 2. The Hall–Kier alpha value is -2.67. The van der Waals surface area contributed by atoms with Gasteiger partial charge in [0.25, 0.3) is 0 Å². The number of nitrogens with one attached hydrogen (secondary N) is 1. The minimum Gasteiger partial charge on any atom is -0.508 e. The molecule has 2 heterocycles. The van der Waals surface area contributed by atoms with Gasteiger partial charge in [-0.2, -0.15) is 0 Å². The fourth-order valence-corrected chi connectivity index (χ4v) is 4.80. The first-order valence-electron chi connectivity index (χ1n) is 8.00. The van der Waals surface area contributed by atoms with Gasteiger partial charge in [0, 0.05) is 11.4 Å². The van der Waals surface area contributed by atoms with Crippen molar-refractivity contribution in [1.29, 1.82) is 0 Å². The minimum absolute atomic E-state index is 0.0624. The molecule has 128 valence electrons. The van der Waals surface area contributed by atoms with E-state index in [0.717, 1.165) is 22.0 Å². The largest absolute Gasteiger partial charge is 0.508 e. The lowest BCUT2D eigenvalue weighted by Crippen LogP contribution is -2.09. The highest BCUT2D eigenvalue weighted by atomic mass is 32.2. The molecule has 25 heavy (non-hydrogen) atoms. The van der Waals surface area contributed by atoms with Crippen LogP contribution in [0.2, 0.25) is 0 Å². The van der Waals surface area contributed by atoms with Gasteiger partial charge in [-0.15, -0.1) is 0 Å². The maximum atomic E-state index is 12.2. The third kappa shape index (κ3) is 2.70. The summed E-state index contributed by atoms with van der Waals surface area (Å²) in [6, 6.07) is 10.3. The summed E-state index contributed by atoms with van der Waals surface area (Å²) in [6.07, 6.45) is 1.95. The molecule has 2 aromatic carbocycles. The van der Waals surface area contributed by atoms with Gasteiger partial charge in [0.1, 0.15) is 17.9 Å². The van der Waals surface area contributed by atoms with E-state index in [1.165, 1.54) is 6.33 Å². The van der Waals surface area contributed by atoms with E-state index in [-0.39, 0.29) is 17.5 Å². The predicted molar refractivity (Wildman–Crippen MR) is 95.4 cm³/mol. The molecule has 0 amide bonds. The second-order valence-electron chi connectivity index (χ2n) is 6.19. The molecule has 1 aromatic heterocycles. The van der Waals surface area contributed by atoms with E-state index in [4.69, 9.17) is 0 Å². The highest BCUT2D eigenvalue weighted by molar-refractivity contribution is 7.91. The molecule has 1 unspecified atom stereocenters. The number of fused-ring (bicyclic) bond motifs is 3. The first-order valence-corrected chi connectivity index (χ1v) is 9.66. The third-order valence-corrected chi connectivity index (χ3v) is 6.36. The van der Waals surface area contributed by atoms with Crippen LogP contribution in [0, 0.1) is 0 Å². The molecule has 7 heteroatoms. The zero-order valence-electron chi connectivity index (χ0n) is 13.6. The molecule has 4 rings (SSSR count). The summed E-state index contributed by atoms with van der Waals surface area (Å²) in [5, 5.41) is 13.5. The molecule has 3 aromatic rings. The van der Waals surface area contributed by atoms with Gasteiger partial charge in [-0.25, -0.2) is 18.4 Å². The van der Waals surface area contributed by atoms with Crippen LogP contribution in [0.5, 0.6) is 5.75 Å². The van der Waals surface area contributed by atoms with Crippen LogP contribution in [-0.2, 0) is 16.3 Å². The average molecular weight is 355 g/mol. The molecule has 0 aliphatic carbocycles. The van der Waals surface area contributed by atoms with Crippen LogP contribution < -0.4 is 5.32 Å². The van der Waals surface area contributed by atoms with E-state index in [9.17, 15) is 13.5 Å². The Kier molecular flexibility index (Phi) is 3.61. The van der Waals surface area contributed by atoms with Crippen LogP contribution in [0.15, 0.2) is 47.6 Å². The van der Waals surface area contributed by atoms with Crippen LogP contribution in [0.4, 0.5) is 5.82 Å². The Morgan fingerprint density at radius 1 is 1.12 bits per heavy atom. The third-order valence-electron chi connectivity index (χ3n) is 4.57. The zero-order valence-corrected chi connectivity index (χ0v) is 14.4. The van der Waals surface area contributed by atoms with Crippen LogP contribution in [-0.4, -0.2) is 29.2 Å². The van der Waals surface area contributed by atoms with E-state index in [1.807, 2.05) is 19.1 Å². The van der Waals surface area contributed by atoms with Crippen molar-refractivity contribution in [1.82, 2.24) is 9.97 Å². The second kappa shape index (κ2) is 5.70. The molecular weight excluding hydrogens is 338 g/mol. The van der Waals surface area contributed by atoms with Crippen molar-refractivity contribution in [3.05, 3.63) is 53.9 Å². The van der Waals surface area contributed by atoms with Crippen LogP contribution in [0.1, 0.15) is 24.1 Å². The number of aromatic hydroxyl groups is 1. The zero-order chi connectivity index (χ0) is 17.6. The van der Waals surface area contributed by atoms with Gasteiger partial charge in [0.2, 0.25) is 0 Å². The Morgan fingerprint density at radius 2 is 1.88 bits per heavy atom. The predicted octanol–water partition coefficient (Wildman–Crippen LogP) is 2.84. The smallest absolute Gasteiger partial charge is 0.179 e. The van der Waals surface area contributed by atoms with Crippen molar-refractivity contribution in [3.63, 3.8) is 0 Å².